The Morgan fingerprint density at radius 1 is 1.19 bits per heavy atom. The maximum atomic E-state index is 12.6. The third kappa shape index (κ3) is 4.19. The fourth-order valence-electron chi connectivity index (χ4n) is 3.58. The van der Waals surface area contributed by atoms with E-state index in [1.165, 1.54) is 5.56 Å². The molecule has 0 bridgehead atoms. The Morgan fingerprint density at radius 2 is 2.04 bits per heavy atom. The third-order valence-electron chi connectivity index (χ3n) is 4.98. The number of aromatic amines is 1. The lowest BCUT2D eigenvalue weighted by atomic mass is 9.93. The molecule has 2 aromatic heterocycles. The van der Waals surface area contributed by atoms with Crippen molar-refractivity contribution in [1.82, 2.24) is 20.1 Å². The van der Waals surface area contributed by atoms with Crippen molar-refractivity contribution in [3.05, 3.63) is 82.4 Å². The molecule has 27 heavy (non-hydrogen) atoms. The summed E-state index contributed by atoms with van der Waals surface area (Å²) in [4.78, 5) is 19.4. The molecule has 3 heterocycles. The van der Waals surface area contributed by atoms with Gasteiger partial charge in [0.15, 0.2) is 0 Å². The molecule has 138 valence electrons. The second kappa shape index (κ2) is 7.92. The summed E-state index contributed by atoms with van der Waals surface area (Å²) in [5.41, 5.74) is 3.82. The first-order valence-electron chi connectivity index (χ1n) is 9.18. The van der Waals surface area contributed by atoms with E-state index in [4.69, 9.17) is 16.6 Å². The average molecular weight is 381 g/mol. The van der Waals surface area contributed by atoms with E-state index in [-0.39, 0.29) is 11.8 Å². The highest BCUT2D eigenvalue weighted by atomic mass is 35.5. The van der Waals surface area contributed by atoms with Crippen molar-refractivity contribution in [2.75, 3.05) is 13.1 Å². The third-order valence-corrected chi connectivity index (χ3v) is 5.24. The highest BCUT2D eigenvalue weighted by Crippen LogP contribution is 2.27. The van der Waals surface area contributed by atoms with Gasteiger partial charge in [-0.1, -0.05) is 29.8 Å². The molecule has 1 saturated heterocycles. The lowest BCUT2D eigenvalue weighted by Gasteiger charge is -2.32. The quantitative estimate of drug-likeness (QED) is 0.742. The van der Waals surface area contributed by atoms with Gasteiger partial charge in [-0.15, -0.1) is 0 Å². The lowest BCUT2D eigenvalue weighted by Crippen LogP contribution is -2.39. The zero-order valence-corrected chi connectivity index (χ0v) is 15.7. The van der Waals surface area contributed by atoms with Crippen molar-refractivity contribution in [3.63, 3.8) is 0 Å². The van der Waals surface area contributed by atoms with Gasteiger partial charge in [0, 0.05) is 48.0 Å². The second-order valence-electron chi connectivity index (χ2n) is 6.92. The van der Waals surface area contributed by atoms with Crippen molar-refractivity contribution in [1.29, 1.82) is 0 Å². The number of hydrogen-bond donors (Lipinski definition) is 1. The maximum absolute atomic E-state index is 12.6. The molecule has 0 saturated carbocycles. The minimum atomic E-state index is 0.00881. The van der Waals surface area contributed by atoms with E-state index in [0.29, 0.717) is 12.2 Å². The van der Waals surface area contributed by atoms with Gasteiger partial charge in [-0.05, 0) is 48.7 Å². The molecule has 6 heteroatoms. The Balaban J connectivity index is 1.47. The summed E-state index contributed by atoms with van der Waals surface area (Å²) >= 11 is 5.96. The van der Waals surface area contributed by atoms with Gasteiger partial charge in [0.05, 0.1) is 0 Å². The molecule has 1 aromatic carbocycles. The number of pyridine rings is 1. The number of hydrogen-bond acceptors (Lipinski definition) is 3. The van der Waals surface area contributed by atoms with E-state index in [1.807, 2.05) is 29.2 Å². The van der Waals surface area contributed by atoms with Crippen LogP contribution in [0, 0.1) is 0 Å². The SMILES string of the molecule is O=C(c1ccn[nH]1)N1CCC[C@H](c2cccc(Cc3ccc(Cl)cc3)n2)C1. The number of aromatic nitrogens is 3. The van der Waals surface area contributed by atoms with Gasteiger partial charge in [0.2, 0.25) is 0 Å². The topological polar surface area (TPSA) is 61.9 Å². The molecular formula is C21H21ClN4O. The summed E-state index contributed by atoms with van der Waals surface area (Å²) in [5.74, 6) is 0.269. The van der Waals surface area contributed by atoms with E-state index in [2.05, 4.69) is 28.4 Å². The van der Waals surface area contributed by atoms with Gasteiger partial charge >= 0.3 is 0 Å². The molecule has 0 spiro atoms. The van der Waals surface area contributed by atoms with Crippen LogP contribution in [0.5, 0.6) is 0 Å². The smallest absolute Gasteiger partial charge is 0.271 e. The molecule has 0 unspecified atom stereocenters. The van der Waals surface area contributed by atoms with Crippen molar-refractivity contribution < 1.29 is 4.79 Å². The Bertz CT molecular complexity index is 908. The number of halogens is 1. The van der Waals surface area contributed by atoms with Gasteiger partial charge in [0.25, 0.3) is 5.91 Å². The van der Waals surface area contributed by atoms with Crippen LogP contribution in [0.2, 0.25) is 5.02 Å². The molecule has 1 atom stereocenters. The largest absolute Gasteiger partial charge is 0.337 e. The number of carbonyl (C=O) groups is 1. The number of rotatable bonds is 4. The van der Waals surface area contributed by atoms with E-state index in [9.17, 15) is 4.79 Å². The molecule has 0 aliphatic carbocycles. The summed E-state index contributed by atoms with van der Waals surface area (Å²) < 4.78 is 0. The number of H-pyrrole nitrogens is 1. The Morgan fingerprint density at radius 3 is 2.81 bits per heavy atom. The van der Waals surface area contributed by atoms with E-state index in [1.54, 1.807) is 12.3 Å². The first kappa shape index (κ1) is 17.7. The minimum absolute atomic E-state index is 0.00881. The van der Waals surface area contributed by atoms with Crippen molar-refractivity contribution in [3.8, 4) is 0 Å². The first-order valence-corrected chi connectivity index (χ1v) is 9.56. The minimum Gasteiger partial charge on any atom is -0.337 e. The van der Waals surface area contributed by atoms with Crippen LogP contribution in [-0.2, 0) is 6.42 Å². The maximum Gasteiger partial charge on any atom is 0.271 e. The molecule has 1 amide bonds. The monoisotopic (exact) mass is 380 g/mol. The van der Waals surface area contributed by atoms with Crippen molar-refractivity contribution in [2.24, 2.45) is 0 Å². The van der Waals surface area contributed by atoms with Gasteiger partial charge < -0.3 is 4.90 Å². The van der Waals surface area contributed by atoms with E-state index in [0.717, 1.165) is 42.2 Å². The number of amides is 1. The van der Waals surface area contributed by atoms with Crippen LogP contribution < -0.4 is 0 Å². The second-order valence-corrected chi connectivity index (χ2v) is 7.35. The predicted molar refractivity (Wildman–Crippen MR) is 105 cm³/mol. The van der Waals surface area contributed by atoms with Crippen LogP contribution >= 0.6 is 11.6 Å². The van der Waals surface area contributed by atoms with Crippen molar-refractivity contribution in [2.45, 2.75) is 25.2 Å². The van der Waals surface area contributed by atoms with Crippen LogP contribution in [0.15, 0.2) is 54.7 Å². The van der Waals surface area contributed by atoms with Gasteiger partial charge in [-0.25, -0.2) is 0 Å². The predicted octanol–water partition coefficient (Wildman–Crippen LogP) is 4.07. The fourth-order valence-corrected chi connectivity index (χ4v) is 3.71. The number of benzene rings is 1. The summed E-state index contributed by atoms with van der Waals surface area (Å²) in [6.07, 6.45) is 4.41. The number of nitrogens with one attached hydrogen (secondary N) is 1. The Labute approximate surface area is 163 Å². The van der Waals surface area contributed by atoms with Gasteiger partial charge in [0.1, 0.15) is 5.69 Å². The zero-order valence-electron chi connectivity index (χ0n) is 14.9. The summed E-state index contributed by atoms with van der Waals surface area (Å²) in [6.45, 7) is 1.47. The molecule has 3 aromatic rings. The van der Waals surface area contributed by atoms with Crippen molar-refractivity contribution >= 4 is 17.5 Å². The fraction of sp³-hybridized carbons (Fsp3) is 0.286. The van der Waals surface area contributed by atoms with Crippen LogP contribution in [0.3, 0.4) is 0 Å². The first-order chi connectivity index (χ1) is 13.2. The van der Waals surface area contributed by atoms with E-state index >= 15 is 0 Å². The normalized spacial score (nSPS) is 17.1. The number of piperidine rings is 1. The number of nitrogens with zero attached hydrogens (tertiary/aromatic N) is 3. The molecule has 0 radical (unpaired) electrons. The molecule has 1 N–H and O–H groups in total. The summed E-state index contributed by atoms with van der Waals surface area (Å²) in [7, 11) is 0. The van der Waals surface area contributed by atoms with Gasteiger partial charge in [-0.2, -0.15) is 5.10 Å². The molecule has 1 aliphatic rings. The highest BCUT2D eigenvalue weighted by molar-refractivity contribution is 6.30. The summed E-state index contributed by atoms with van der Waals surface area (Å²) in [5, 5.41) is 7.38. The highest BCUT2D eigenvalue weighted by Gasteiger charge is 2.26. The van der Waals surface area contributed by atoms with E-state index < -0.39 is 0 Å². The Hall–Kier alpha value is -2.66. The van der Waals surface area contributed by atoms with Gasteiger partial charge in [-0.3, -0.25) is 14.9 Å². The average Bonchev–Trinajstić information content (AvgIpc) is 3.24. The molecule has 1 fully saturated rings. The standard InChI is InChI=1S/C21H21ClN4O/c22-17-8-6-15(7-9-17)13-18-4-1-5-19(24-18)16-3-2-12-26(14-16)21(27)20-10-11-23-25-20/h1,4-11,16H,2-3,12-14H2,(H,23,25)/t16-/m0/s1. The molecule has 1 aliphatic heterocycles. The molecule has 4 rings (SSSR count). The van der Waals surface area contributed by atoms with Crippen LogP contribution in [0.1, 0.15) is 46.2 Å². The molecular weight excluding hydrogens is 360 g/mol. The Kier molecular flexibility index (Phi) is 5.21. The molecule has 5 nitrogen and oxygen atoms in total. The number of carbonyl (C=O) groups excluding carboxylic acids is 1. The van der Waals surface area contributed by atoms with Crippen LogP contribution in [0.4, 0.5) is 0 Å². The zero-order chi connectivity index (χ0) is 18.6. The summed E-state index contributed by atoms with van der Waals surface area (Å²) in [6, 6.07) is 15.8. The number of likely N-dealkylation sites (tertiary alicyclic amines) is 1. The lowest BCUT2D eigenvalue weighted by molar-refractivity contribution is 0.0700. The van der Waals surface area contributed by atoms with Crippen LogP contribution in [-0.4, -0.2) is 39.1 Å². The van der Waals surface area contributed by atoms with Crippen LogP contribution in [0.25, 0.3) is 0 Å².